The van der Waals surface area contributed by atoms with Crippen molar-refractivity contribution in [3.63, 3.8) is 0 Å². The Balaban J connectivity index is 1.31. The summed E-state index contributed by atoms with van der Waals surface area (Å²) < 4.78 is 108. The topological polar surface area (TPSA) is 9.23 Å². The van der Waals surface area contributed by atoms with Crippen molar-refractivity contribution < 1.29 is 35.5 Å². The Labute approximate surface area is 263 Å². The molecule has 4 aromatic rings. The molecule has 45 heavy (non-hydrogen) atoms. The van der Waals surface area contributed by atoms with Gasteiger partial charge in [0.25, 0.3) is 0 Å². The first kappa shape index (κ1) is 32.9. The number of halogens is 8. The SMILES string of the molecule is CCCCCC1CCC(c2ccc(-c3cc(F)c(C(F)(F)Oc4ccc(-c5ccc(Cl)c(F)c5)c(F)c4)c(F)c3)c(F)c2)CC1. The third-order valence-electron chi connectivity index (χ3n) is 8.59. The second kappa shape index (κ2) is 13.9. The zero-order valence-electron chi connectivity index (χ0n) is 24.6. The fourth-order valence-corrected chi connectivity index (χ4v) is 6.27. The predicted molar refractivity (Wildman–Crippen MR) is 162 cm³/mol. The van der Waals surface area contributed by atoms with E-state index in [1.807, 2.05) is 0 Å². The number of ether oxygens (including phenoxy) is 1. The summed E-state index contributed by atoms with van der Waals surface area (Å²) in [7, 11) is 0. The van der Waals surface area contributed by atoms with E-state index in [0.29, 0.717) is 24.1 Å². The zero-order valence-corrected chi connectivity index (χ0v) is 25.4. The van der Waals surface area contributed by atoms with Crippen LogP contribution in [0, 0.1) is 35.0 Å². The lowest BCUT2D eigenvalue weighted by atomic mass is 9.77. The van der Waals surface area contributed by atoms with Crippen molar-refractivity contribution >= 4 is 11.6 Å². The second-order valence-corrected chi connectivity index (χ2v) is 12.1. The van der Waals surface area contributed by atoms with E-state index in [1.165, 1.54) is 49.9 Å². The number of alkyl halides is 2. The van der Waals surface area contributed by atoms with E-state index in [1.54, 1.807) is 6.07 Å². The van der Waals surface area contributed by atoms with Crippen molar-refractivity contribution in [1.29, 1.82) is 0 Å². The van der Waals surface area contributed by atoms with Gasteiger partial charge in [-0.3, -0.25) is 0 Å². The smallest absolute Gasteiger partial charge is 0.429 e. The monoisotopic (exact) mass is 648 g/mol. The number of unbranched alkanes of at least 4 members (excludes halogenated alkanes) is 2. The molecule has 4 aromatic carbocycles. The molecular weight excluding hydrogens is 617 g/mol. The second-order valence-electron chi connectivity index (χ2n) is 11.7. The molecule has 0 saturated heterocycles. The quantitative estimate of drug-likeness (QED) is 0.123. The highest BCUT2D eigenvalue weighted by molar-refractivity contribution is 6.30. The summed E-state index contributed by atoms with van der Waals surface area (Å²) in [5, 5.41) is -0.181. The van der Waals surface area contributed by atoms with Gasteiger partial charge in [-0.15, -0.1) is 0 Å². The van der Waals surface area contributed by atoms with E-state index >= 15 is 22.0 Å². The van der Waals surface area contributed by atoms with E-state index in [4.69, 9.17) is 11.6 Å². The van der Waals surface area contributed by atoms with Crippen molar-refractivity contribution in [2.75, 3.05) is 0 Å². The van der Waals surface area contributed by atoms with Crippen LogP contribution in [0.4, 0.5) is 30.7 Å². The number of hydrogen-bond acceptors (Lipinski definition) is 1. The number of rotatable bonds is 10. The van der Waals surface area contributed by atoms with Gasteiger partial charge in [-0.1, -0.05) is 62.4 Å². The van der Waals surface area contributed by atoms with Gasteiger partial charge in [0.15, 0.2) is 0 Å². The minimum absolute atomic E-state index is 0.0887. The molecule has 5 rings (SSSR count). The highest BCUT2D eigenvalue weighted by Gasteiger charge is 2.41. The summed E-state index contributed by atoms with van der Waals surface area (Å²) in [5.74, 6) is -5.72. The fourth-order valence-electron chi connectivity index (χ4n) is 6.15. The molecule has 1 saturated carbocycles. The van der Waals surface area contributed by atoms with Gasteiger partial charge in [0, 0.05) is 17.2 Å². The molecular formula is C36H32ClF7O. The Morgan fingerprint density at radius 3 is 1.93 bits per heavy atom. The molecule has 1 nitrogen and oxygen atoms in total. The van der Waals surface area contributed by atoms with Crippen LogP contribution in [0.25, 0.3) is 22.3 Å². The minimum atomic E-state index is -4.55. The Morgan fingerprint density at radius 2 is 1.31 bits per heavy atom. The van der Waals surface area contributed by atoms with Crippen LogP contribution in [0.3, 0.4) is 0 Å². The molecule has 0 aromatic heterocycles. The molecule has 9 heteroatoms. The van der Waals surface area contributed by atoms with Gasteiger partial charge in [-0.25, -0.2) is 22.0 Å². The van der Waals surface area contributed by atoms with Gasteiger partial charge in [0.2, 0.25) is 0 Å². The maximum absolute atomic E-state index is 15.2. The van der Waals surface area contributed by atoms with Crippen molar-refractivity contribution in [1.82, 2.24) is 0 Å². The summed E-state index contributed by atoms with van der Waals surface area (Å²) in [4.78, 5) is 0. The first-order chi connectivity index (χ1) is 21.5. The minimum Gasteiger partial charge on any atom is -0.429 e. The maximum Gasteiger partial charge on any atom is 0.432 e. The third kappa shape index (κ3) is 7.49. The summed E-state index contributed by atoms with van der Waals surface area (Å²) in [6.45, 7) is 2.18. The molecule has 0 atom stereocenters. The molecule has 0 heterocycles. The predicted octanol–water partition coefficient (Wildman–Crippen LogP) is 12.4. The van der Waals surface area contributed by atoms with Crippen LogP contribution in [0.1, 0.15) is 75.3 Å². The summed E-state index contributed by atoms with van der Waals surface area (Å²) in [5.41, 5.74) is -1.32. The van der Waals surface area contributed by atoms with Crippen LogP contribution in [0.5, 0.6) is 5.75 Å². The molecule has 0 N–H and O–H groups in total. The van der Waals surface area contributed by atoms with Crippen LogP contribution >= 0.6 is 11.6 Å². The van der Waals surface area contributed by atoms with E-state index in [2.05, 4.69) is 11.7 Å². The van der Waals surface area contributed by atoms with Crippen molar-refractivity contribution in [3.8, 4) is 28.0 Å². The number of hydrogen-bond donors (Lipinski definition) is 0. The highest BCUT2D eigenvalue weighted by atomic mass is 35.5. The first-order valence-corrected chi connectivity index (χ1v) is 15.5. The molecule has 0 amide bonds. The zero-order chi connectivity index (χ0) is 32.3. The largest absolute Gasteiger partial charge is 0.432 e. The Bertz CT molecular complexity index is 1640. The fraction of sp³-hybridized carbons (Fsp3) is 0.333. The molecule has 238 valence electrons. The normalized spacial score (nSPS) is 17.0. The average Bonchev–Trinajstić information content (AvgIpc) is 2.98. The molecule has 0 bridgehead atoms. The highest BCUT2D eigenvalue weighted by Crippen LogP contribution is 2.41. The summed E-state index contributed by atoms with van der Waals surface area (Å²) >= 11 is 5.64. The van der Waals surface area contributed by atoms with Gasteiger partial charge in [-0.05, 0) is 96.7 Å². The van der Waals surface area contributed by atoms with Gasteiger partial charge < -0.3 is 4.74 Å². The van der Waals surface area contributed by atoms with Crippen LogP contribution in [-0.4, -0.2) is 0 Å². The van der Waals surface area contributed by atoms with E-state index in [-0.39, 0.29) is 33.2 Å². The number of benzene rings is 4. The van der Waals surface area contributed by atoms with Crippen LogP contribution in [-0.2, 0) is 6.11 Å². The van der Waals surface area contributed by atoms with E-state index in [0.717, 1.165) is 49.4 Å². The lowest BCUT2D eigenvalue weighted by Crippen LogP contribution is -2.25. The molecule has 0 unspecified atom stereocenters. The lowest BCUT2D eigenvalue weighted by molar-refractivity contribution is -0.189. The Kier molecular flexibility index (Phi) is 10.1. The molecule has 1 aliphatic rings. The Morgan fingerprint density at radius 1 is 0.689 bits per heavy atom. The maximum atomic E-state index is 15.2. The standard InChI is InChI=1S/C36H32ClF7O/c1-2-3-4-5-21-6-8-22(9-7-21)23-10-13-28(30(38)16-23)25-18-33(41)35(34(42)19-25)36(43,44)45-26-12-14-27(31(39)20-26)24-11-15-29(37)32(40)17-24/h10-22H,2-9H2,1H3. The third-order valence-corrected chi connectivity index (χ3v) is 8.90. The van der Waals surface area contributed by atoms with Crippen LogP contribution in [0.15, 0.2) is 66.7 Å². The van der Waals surface area contributed by atoms with Gasteiger partial charge in [0.05, 0.1) is 5.02 Å². The van der Waals surface area contributed by atoms with Crippen LogP contribution < -0.4 is 4.74 Å². The van der Waals surface area contributed by atoms with E-state index in [9.17, 15) is 8.78 Å². The Hall–Kier alpha value is -3.52. The first-order valence-electron chi connectivity index (χ1n) is 15.1. The molecule has 0 radical (unpaired) electrons. The average molecular weight is 649 g/mol. The molecule has 1 aliphatic carbocycles. The molecule has 0 spiro atoms. The summed E-state index contributed by atoms with van der Waals surface area (Å²) in [6, 6.07) is 11.9. The van der Waals surface area contributed by atoms with Gasteiger partial charge >= 0.3 is 6.11 Å². The molecule has 1 fully saturated rings. The van der Waals surface area contributed by atoms with Crippen molar-refractivity contribution in [2.45, 2.75) is 70.3 Å². The lowest BCUT2D eigenvalue weighted by Gasteiger charge is -2.29. The van der Waals surface area contributed by atoms with Gasteiger partial charge in [0.1, 0.15) is 40.4 Å². The van der Waals surface area contributed by atoms with Gasteiger partial charge in [-0.2, -0.15) is 8.78 Å². The molecule has 0 aliphatic heterocycles. The summed E-state index contributed by atoms with van der Waals surface area (Å²) in [6.07, 6.45) is 4.31. The van der Waals surface area contributed by atoms with E-state index < -0.39 is 46.5 Å². The van der Waals surface area contributed by atoms with Crippen molar-refractivity contribution in [2.24, 2.45) is 5.92 Å². The van der Waals surface area contributed by atoms with Crippen LogP contribution in [0.2, 0.25) is 5.02 Å². The van der Waals surface area contributed by atoms with Crippen molar-refractivity contribution in [3.05, 3.63) is 112 Å².